The van der Waals surface area contributed by atoms with E-state index in [4.69, 9.17) is 5.73 Å². The van der Waals surface area contributed by atoms with Crippen LogP contribution < -0.4 is 5.73 Å². The molecule has 1 rings (SSSR count). The summed E-state index contributed by atoms with van der Waals surface area (Å²) in [6, 6.07) is 7.01. The molecule has 1 aromatic carbocycles. The molecule has 0 fully saturated rings. The number of rotatable bonds is 4. The van der Waals surface area contributed by atoms with Crippen molar-refractivity contribution in [3.63, 3.8) is 0 Å². The third-order valence-electron chi connectivity index (χ3n) is 3.61. The molecule has 0 aliphatic heterocycles. The van der Waals surface area contributed by atoms with Crippen molar-refractivity contribution >= 4 is 0 Å². The van der Waals surface area contributed by atoms with Crippen LogP contribution in [0, 0.1) is 11.2 Å². The molecule has 2 unspecified atom stereocenters. The lowest BCUT2D eigenvalue weighted by Gasteiger charge is -2.34. The first-order valence-corrected chi connectivity index (χ1v) is 6.43. The molecule has 2 atom stereocenters. The summed E-state index contributed by atoms with van der Waals surface area (Å²) in [5, 5.41) is 0. The van der Waals surface area contributed by atoms with E-state index >= 15 is 0 Å². The molecule has 18 heavy (non-hydrogen) atoms. The predicted octanol–water partition coefficient (Wildman–Crippen LogP) is 3.19. The highest BCUT2D eigenvalue weighted by Crippen LogP contribution is 2.24. The van der Waals surface area contributed by atoms with Crippen LogP contribution in [0.1, 0.15) is 39.3 Å². The Bertz CT molecular complexity index is 384. The second-order valence-electron chi connectivity index (χ2n) is 6.11. The molecular formula is C15H25FN2. The van der Waals surface area contributed by atoms with E-state index in [1.165, 1.54) is 6.07 Å². The third kappa shape index (κ3) is 3.79. The van der Waals surface area contributed by atoms with Crippen molar-refractivity contribution in [1.82, 2.24) is 4.90 Å². The number of nitrogens with zero attached hydrogens (tertiary/aromatic N) is 1. The molecule has 2 N–H and O–H groups in total. The van der Waals surface area contributed by atoms with Crippen LogP contribution in [0.15, 0.2) is 24.3 Å². The second-order valence-corrected chi connectivity index (χ2v) is 6.11. The van der Waals surface area contributed by atoms with Crippen molar-refractivity contribution in [3.05, 3.63) is 35.6 Å². The summed E-state index contributed by atoms with van der Waals surface area (Å²) < 4.78 is 13.7. The molecule has 0 heterocycles. The van der Waals surface area contributed by atoms with Gasteiger partial charge in [-0.1, -0.05) is 39.0 Å². The van der Waals surface area contributed by atoms with Crippen LogP contribution in [0.5, 0.6) is 0 Å². The third-order valence-corrected chi connectivity index (χ3v) is 3.61. The van der Waals surface area contributed by atoms with Gasteiger partial charge in [-0.2, -0.15) is 0 Å². The molecule has 0 aliphatic rings. The van der Waals surface area contributed by atoms with Gasteiger partial charge in [-0.15, -0.1) is 0 Å². The van der Waals surface area contributed by atoms with E-state index in [0.717, 1.165) is 12.1 Å². The molecule has 1 aromatic rings. The topological polar surface area (TPSA) is 29.3 Å². The fourth-order valence-electron chi connectivity index (χ4n) is 1.79. The van der Waals surface area contributed by atoms with Gasteiger partial charge in [0.1, 0.15) is 5.82 Å². The second kappa shape index (κ2) is 5.81. The Hall–Kier alpha value is -0.930. The highest BCUT2D eigenvalue weighted by atomic mass is 19.1. The van der Waals surface area contributed by atoms with Crippen molar-refractivity contribution in [2.45, 2.75) is 39.8 Å². The lowest BCUT2D eigenvalue weighted by molar-refractivity contribution is 0.188. The Morgan fingerprint density at radius 3 is 2.33 bits per heavy atom. The Labute approximate surface area is 110 Å². The van der Waals surface area contributed by atoms with Crippen molar-refractivity contribution in [1.29, 1.82) is 0 Å². The molecule has 0 saturated heterocycles. The van der Waals surface area contributed by atoms with E-state index in [0.29, 0.717) is 0 Å². The van der Waals surface area contributed by atoms with E-state index in [2.05, 4.69) is 25.7 Å². The van der Waals surface area contributed by atoms with Crippen LogP contribution in [-0.2, 0) is 0 Å². The summed E-state index contributed by atoms with van der Waals surface area (Å²) in [6.45, 7) is 9.13. The fourth-order valence-corrected chi connectivity index (χ4v) is 1.79. The van der Waals surface area contributed by atoms with Gasteiger partial charge >= 0.3 is 0 Å². The first kappa shape index (κ1) is 15.1. The Balaban J connectivity index is 2.73. The summed E-state index contributed by atoms with van der Waals surface area (Å²) in [5.74, 6) is -0.152. The van der Waals surface area contributed by atoms with Crippen molar-refractivity contribution < 1.29 is 4.39 Å². The lowest BCUT2D eigenvalue weighted by atomic mass is 9.87. The van der Waals surface area contributed by atoms with Crippen LogP contribution in [0.2, 0.25) is 0 Å². The first-order chi connectivity index (χ1) is 8.23. The van der Waals surface area contributed by atoms with Gasteiger partial charge in [0.15, 0.2) is 0 Å². The van der Waals surface area contributed by atoms with Crippen molar-refractivity contribution in [2.75, 3.05) is 13.6 Å². The maximum atomic E-state index is 13.7. The van der Waals surface area contributed by atoms with Crippen LogP contribution in [0.3, 0.4) is 0 Å². The molecule has 0 saturated carbocycles. The van der Waals surface area contributed by atoms with Gasteiger partial charge < -0.3 is 5.73 Å². The van der Waals surface area contributed by atoms with E-state index < -0.39 is 0 Å². The molecule has 0 spiro atoms. The Morgan fingerprint density at radius 1 is 1.28 bits per heavy atom. The summed E-state index contributed by atoms with van der Waals surface area (Å²) in [6.07, 6.45) is 0. The zero-order chi connectivity index (χ0) is 13.9. The molecule has 0 bridgehead atoms. The molecular weight excluding hydrogens is 227 g/mol. The first-order valence-electron chi connectivity index (χ1n) is 6.43. The molecule has 102 valence electrons. The van der Waals surface area contributed by atoms with E-state index in [1.54, 1.807) is 6.07 Å². The van der Waals surface area contributed by atoms with Crippen molar-refractivity contribution in [2.24, 2.45) is 11.1 Å². The molecule has 2 nitrogen and oxygen atoms in total. The van der Waals surface area contributed by atoms with Gasteiger partial charge in [0.2, 0.25) is 0 Å². The highest BCUT2D eigenvalue weighted by Gasteiger charge is 2.24. The molecule has 3 heteroatoms. The smallest absolute Gasteiger partial charge is 0.127 e. The quantitative estimate of drug-likeness (QED) is 0.891. The molecule has 0 aliphatic carbocycles. The number of nitrogens with two attached hydrogens (primary N) is 1. The fraction of sp³-hybridized carbons (Fsp3) is 0.600. The number of hydrogen-bond donors (Lipinski definition) is 1. The van der Waals surface area contributed by atoms with Gasteiger partial charge in [-0.05, 0) is 25.5 Å². The summed E-state index contributed by atoms with van der Waals surface area (Å²) >= 11 is 0. The maximum absolute atomic E-state index is 13.7. The average Bonchev–Trinajstić information content (AvgIpc) is 2.27. The normalized spacial score (nSPS) is 15.8. The minimum Gasteiger partial charge on any atom is -0.326 e. The molecule has 0 radical (unpaired) electrons. The average molecular weight is 252 g/mol. The summed E-state index contributed by atoms with van der Waals surface area (Å²) in [4.78, 5) is 2.11. The monoisotopic (exact) mass is 252 g/mol. The largest absolute Gasteiger partial charge is 0.326 e. The van der Waals surface area contributed by atoms with Gasteiger partial charge in [0, 0.05) is 24.2 Å². The SMILES string of the molecule is CC(c1ccccc1F)N(C)CC(N)C(C)(C)C. The van der Waals surface area contributed by atoms with Crippen molar-refractivity contribution in [3.8, 4) is 0 Å². The minimum atomic E-state index is -0.152. The Morgan fingerprint density at radius 2 is 1.83 bits per heavy atom. The predicted molar refractivity (Wildman–Crippen MR) is 74.9 cm³/mol. The van der Waals surface area contributed by atoms with Gasteiger partial charge in [0.25, 0.3) is 0 Å². The van der Waals surface area contributed by atoms with Crippen LogP contribution >= 0.6 is 0 Å². The molecule has 0 amide bonds. The van der Waals surface area contributed by atoms with Gasteiger partial charge in [0.05, 0.1) is 0 Å². The number of likely N-dealkylation sites (N-methyl/N-ethyl adjacent to an activating group) is 1. The maximum Gasteiger partial charge on any atom is 0.127 e. The zero-order valence-corrected chi connectivity index (χ0v) is 12.1. The van der Waals surface area contributed by atoms with Crippen LogP contribution in [-0.4, -0.2) is 24.5 Å². The van der Waals surface area contributed by atoms with Crippen LogP contribution in [0.25, 0.3) is 0 Å². The Kier molecular flexibility index (Phi) is 4.88. The van der Waals surface area contributed by atoms with E-state index in [-0.39, 0.29) is 23.3 Å². The van der Waals surface area contributed by atoms with Crippen LogP contribution in [0.4, 0.5) is 4.39 Å². The summed E-state index contributed by atoms with van der Waals surface area (Å²) in [5.41, 5.74) is 6.95. The standard InChI is InChI=1S/C15H25FN2/c1-11(12-8-6-7-9-13(12)16)18(5)10-14(17)15(2,3)4/h6-9,11,14H,10,17H2,1-5H3. The highest BCUT2D eigenvalue weighted by molar-refractivity contribution is 5.20. The van der Waals surface area contributed by atoms with Gasteiger partial charge in [-0.3, -0.25) is 4.90 Å². The van der Waals surface area contributed by atoms with E-state index in [9.17, 15) is 4.39 Å². The number of benzene rings is 1. The molecule has 0 aromatic heterocycles. The van der Waals surface area contributed by atoms with Gasteiger partial charge in [-0.25, -0.2) is 4.39 Å². The van der Waals surface area contributed by atoms with E-state index in [1.807, 2.05) is 26.1 Å². The summed E-state index contributed by atoms with van der Waals surface area (Å²) in [7, 11) is 1.99. The lowest BCUT2D eigenvalue weighted by Crippen LogP contribution is -2.44. The minimum absolute atomic E-state index is 0.0274. The zero-order valence-electron chi connectivity index (χ0n) is 12.1. The number of hydrogen-bond acceptors (Lipinski definition) is 2. The number of halogens is 1.